The molecule has 1 aliphatic rings. The van der Waals surface area contributed by atoms with Gasteiger partial charge in [-0.05, 0) is 20.8 Å². The van der Waals surface area contributed by atoms with E-state index < -0.39 is 0 Å². The smallest absolute Gasteiger partial charge is 0.250 e. The van der Waals surface area contributed by atoms with Crippen LogP contribution in [-0.4, -0.2) is 17.4 Å². The number of carbonyl (C=O) groups is 2. The van der Waals surface area contributed by atoms with Gasteiger partial charge in [0.15, 0.2) is 0 Å². The SMILES string of the molecule is C=COC(C)(C)C.O=C1C=CC(=O)N1. The molecule has 2 amide bonds. The van der Waals surface area contributed by atoms with Crippen molar-refractivity contribution in [2.45, 2.75) is 26.4 Å². The summed E-state index contributed by atoms with van der Waals surface area (Å²) in [6.07, 6.45) is 3.85. The molecule has 1 aliphatic heterocycles. The minimum absolute atomic E-state index is 0.0677. The minimum Gasteiger partial charge on any atom is -0.496 e. The Bertz CT molecular complexity index is 245. The maximum atomic E-state index is 10.0. The Labute approximate surface area is 83.6 Å². The van der Waals surface area contributed by atoms with Crippen molar-refractivity contribution >= 4 is 11.8 Å². The van der Waals surface area contributed by atoms with E-state index in [1.807, 2.05) is 26.1 Å². The first-order valence-electron chi connectivity index (χ1n) is 4.17. The van der Waals surface area contributed by atoms with Crippen LogP contribution in [0.15, 0.2) is 25.0 Å². The number of hydrogen-bond acceptors (Lipinski definition) is 3. The van der Waals surface area contributed by atoms with E-state index in [1.54, 1.807) is 0 Å². The van der Waals surface area contributed by atoms with E-state index in [0.29, 0.717) is 0 Å². The summed E-state index contributed by atoms with van der Waals surface area (Å²) in [7, 11) is 0. The molecule has 0 bridgehead atoms. The van der Waals surface area contributed by atoms with Crippen LogP contribution in [0.25, 0.3) is 0 Å². The van der Waals surface area contributed by atoms with Gasteiger partial charge >= 0.3 is 0 Å². The Morgan fingerprint density at radius 2 is 1.71 bits per heavy atom. The van der Waals surface area contributed by atoms with Gasteiger partial charge in [-0.25, -0.2) is 0 Å². The molecule has 0 aromatic heterocycles. The Balaban J connectivity index is 0.000000241. The van der Waals surface area contributed by atoms with Gasteiger partial charge in [0.1, 0.15) is 0 Å². The van der Waals surface area contributed by atoms with Crippen molar-refractivity contribution < 1.29 is 14.3 Å². The minimum atomic E-state index is -0.329. The van der Waals surface area contributed by atoms with Gasteiger partial charge in [-0.15, -0.1) is 0 Å². The Hall–Kier alpha value is -1.58. The van der Waals surface area contributed by atoms with Crippen molar-refractivity contribution in [3.63, 3.8) is 0 Å². The fourth-order valence-electron chi connectivity index (χ4n) is 0.606. The van der Waals surface area contributed by atoms with E-state index in [1.165, 1.54) is 18.4 Å². The van der Waals surface area contributed by atoms with Crippen LogP contribution in [0.5, 0.6) is 0 Å². The first-order chi connectivity index (χ1) is 6.35. The Morgan fingerprint density at radius 3 is 1.79 bits per heavy atom. The molecule has 0 fully saturated rings. The lowest BCUT2D eigenvalue weighted by Gasteiger charge is -2.16. The highest BCUT2D eigenvalue weighted by molar-refractivity contribution is 6.12. The van der Waals surface area contributed by atoms with Crippen LogP contribution in [0.1, 0.15) is 20.8 Å². The average Bonchev–Trinajstić information content (AvgIpc) is 2.33. The molecule has 0 aromatic rings. The summed E-state index contributed by atoms with van der Waals surface area (Å²) >= 11 is 0. The van der Waals surface area contributed by atoms with Crippen molar-refractivity contribution in [3.8, 4) is 0 Å². The van der Waals surface area contributed by atoms with Gasteiger partial charge in [0.25, 0.3) is 11.8 Å². The Kier molecular flexibility index (Phi) is 4.63. The second-order valence-electron chi connectivity index (χ2n) is 3.58. The molecule has 0 saturated heterocycles. The van der Waals surface area contributed by atoms with Gasteiger partial charge in [0.05, 0.1) is 11.9 Å². The summed E-state index contributed by atoms with van der Waals surface area (Å²) in [5.74, 6) is -0.657. The van der Waals surface area contributed by atoms with Crippen molar-refractivity contribution in [1.82, 2.24) is 5.32 Å². The molecule has 1 rings (SSSR count). The average molecular weight is 197 g/mol. The second kappa shape index (κ2) is 5.21. The van der Waals surface area contributed by atoms with E-state index >= 15 is 0 Å². The zero-order valence-corrected chi connectivity index (χ0v) is 8.66. The number of nitrogens with one attached hydrogen (secondary N) is 1. The molecule has 0 spiro atoms. The highest BCUT2D eigenvalue weighted by Gasteiger charge is 2.07. The van der Waals surface area contributed by atoms with Crippen LogP contribution >= 0.6 is 0 Å². The lowest BCUT2D eigenvalue weighted by atomic mass is 10.2. The molecule has 0 atom stereocenters. The van der Waals surface area contributed by atoms with Crippen LogP contribution in [0, 0.1) is 0 Å². The summed E-state index contributed by atoms with van der Waals surface area (Å²) in [4.78, 5) is 20.1. The van der Waals surface area contributed by atoms with Crippen LogP contribution in [0.2, 0.25) is 0 Å². The summed E-state index contributed by atoms with van der Waals surface area (Å²) in [5.41, 5.74) is -0.0677. The molecular weight excluding hydrogens is 182 g/mol. The van der Waals surface area contributed by atoms with E-state index in [0.717, 1.165) is 0 Å². The highest BCUT2D eigenvalue weighted by Crippen LogP contribution is 2.05. The third-order valence-electron chi connectivity index (χ3n) is 1.07. The monoisotopic (exact) mass is 197 g/mol. The zero-order valence-electron chi connectivity index (χ0n) is 8.66. The summed E-state index contributed by atoms with van der Waals surface area (Å²) in [6.45, 7) is 9.37. The number of rotatable bonds is 1. The normalized spacial score (nSPS) is 14.2. The van der Waals surface area contributed by atoms with Gasteiger partial charge < -0.3 is 4.74 Å². The van der Waals surface area contributed by atoms with E-state index in [9.17, 15) is 9.59 Å². The van der Waals surface area contributed by atoms with Gasteiger partial charge in [-0.2, -0.15) is 0 Å². The molecule has 4 nitrogen and oxygen atoms in total. The number of carbonyl (C=O) groups excluding carboxylic acids is 2. The third-order valence-corrected chi connectivity index (χ3v) is 1.07. The number of imide groups is 1. The standard InChI is InChI=1S/C6H12O.C4H3NO2/c1-5-7-6(2,3)4;6-3-1-2-4(7)5-3/h5H,1H2,2-4H3;1-2H,(H,5,6,7). The molecule has 0 radical (unpaired) electrons. The maximum Gasteiger partial charge on any atom is 0.250 e. The van der Waals surface area contributed by atoms with Gasteiger partial charge in [-0.1, -0.05) is 6.58 Å². The van der Waals surface area contributed by atoms with Crippen LogP contribution in [0.4, 0.5) is 0 Å². The lowest BCUT2D eigenvalue weighted by Crippen LogP contribution is -2.19. The van der Waals surface area contributed by atoms with E-state index in [4.69, 9.17) is 4.74 Å². The number of hydrogen-bond donors (Lipinski definition) is 1. The summed E-state index contributed by atoms with van der Waals surface area (Å²) in [5, 5.41) is 2.03. The fraction of sp³-hybridized carbons (Fsp3) is 0.400. The van der Waals surface area contributed by atoms with Crippen molar-refractivity contribution in [1.29, 1.82) is 0 Å². The summed E-state index contributed by atoms with van der Waals surface area (Å²) in [6, 6.07) is 0. The predicted octanol–water partition coefficient (Wildman–Crippen LogP) is 1.14. The first kappa shape index (κ1) is 12.4. The fourth-order valence-corrected chi connectivity index (χ4v) is 0.606. The van der Waals surface area contributed by atoms with Gasteiger partial charge in [0.2, 0.25) is 0 Å². The molecule has 0 aliphatic carbocycles. The molecule has 0 unspecified atom stereocenters. The second-order valence-corrected chi connectivity index (χ2v) is 3.58. The van der Waals surface area contributed by atoms with Crippen molar-refractivity contribution in [2.75, 3.05) is 0 Å². The molecule has 0 aromatic carbocycles. The zero-order chi connectivity index (χ0) is 11.2. The van der Waals surface area contributed by atoms with Crippen LogP contribution in [-0.2, 0) is 14.3 Å². The predicted molar refractivity (Wildman–Crippen MR) is 53.3 cm³/mol. The highest BCUT2D eigenvalue weighted by atomic mass is 16.5. The summed E-state index contributed by atoms with van der Waals surface area (Å²) < 4.78 is 4.99. The molecule has 1 N–H and O–H groups in total. The largest absolute Gasteiger partial charge is 0.496 e. The number of amides is 2. The molecule has 1 heterocycles. The molecule has 14 heavy (non-hydrogen) atoms. The Morgan fingerprint density at radius 1 is 1.29 bits per heavy atom. The molecular formula is C10H15NO3. The maximum absolute atomic E-state index is 10.0. The van der Waals surface area contributed by atoms with Crippen LogP contribution in [0.3, 0.4) is 0 Å². The lowest BCUT2D eigenvalue weighted by molar-refractivity contribution is -0.123. The quantitative estimate of drug-likeness (QED) is 0.506. The third kappa shape index (κ3) is 7.09. The van der Waals surface area contributed by atoms with Gasteiger partial charge in [-0.3, -0.25) is 14.9 Å². The molecule has 4 heteroatoms. The van der Waals surface area contributed by atoms with Crippen LogP contribution < -0.4 is 5.32 Å². The van der Waals surface area contributed by atoms with Crippen molar-refractivity contribution in [3.05, 3.63) is 25.0 Å². The topological polar surface area (TPSA) is 55.4 Å². The molecule has 78 valence electrons. The van der Waals surface area contributed by atoms with Gasteiger partial charge in [0, 0.05) is 12.2 Å². The van der Waals surface area contributed by atoms with E-state index in [2.05, 4.69) is 6.58 Å². The number of ether oxygens (including phenoxy) is 1. The van der Waals surface area contributed by atoms with Crippen molar-refractivity contribution in [2.24, 2.45) is 0 Å². The first-order valence-corrected chi connectivity index (χ1v) is 4.17. The van der Waals surface area contributed by atoms with E-state index in [-0.39, 0.29) is 17.4 Å². The molecule has 0 saturated carbocycles.